The van der Waals surface area contributed by atoms with Crippen LogP contribution in [0.4, 0.5) is 26.3 Å². The van der Waals surface area contributed by atoms with E-state index in [0.29, 0.717) is 0 Å². The first-order valence-corrected chi connectivity index (χ1v) is 3.82. The standard InChI is InChI=1S/C5H3BrF6/c6-2-1-3(7,8)4(2,9)5(10,11)12/h2H,1H2. The van der Waals surface area contributed by atoms with Gasteiger partial charge in [-0.3, -0.25) is 0 Å². The van der Waals surface area contributed by atoms with Gasteiger partial charge in [0.05, 0.1) is 4.83 Å². The second-order valence-corrected chi connectivity index (χ2v) is 3.69. The highest BCUT2D eigenvalue weighted by Crippen LogP contribution is 2.60. The van der Waals surface area contributed by atoms with E-state index in [-0.39, 0.29) is 0 Å². The Morgan fingerprint density at radius 1 is 1.17 bits per heavy atom. The molecular weight excluding hydrogens is 254 g/mol. The van der Waals surface area contributed by atoms with Gasteiger partial charge in [0.25, 0.3) is 11.6 Å². The molecule has 0 aromatic heterocycles. The number of hydrogen-bond donors (Lipinski definition) is 0. The molecule has 1 fully saturated rings. The zero-order valence-electron chi connectivity index (χ0n) is 5.43. The molecule has 0 aromatic carbocycles. The second kappa shape index (κ2) is 2.30. The van der Waals surface area contributed by atoms with Gasteiger partial charge in [0.2, 0.25) is 0 Å². The highest BCUT2D eigenvalue weighted by atomic mass is 79.9. The molecule has 1 rings (SSSR count). The number of rotatable bonds is 0. The summed E-state index contributed by atoms with van der Waals surface area (Å²) in [4.78, 5) is -1.85. The van der Waals surface area contributed by atoms with Gasteiger partial charge in [-0.25, -0.2) is 13.2 Å². The highest BCUT2D eigenvalue weighted by Gasteiger charge is 2.81. The first-order valence-electron chi connectivity index (χ1n) is 2.90. The van der Waals surface area contributed by atoms with Crippen LogP contribution >= 0.6 is 15.9 Å². The molecule has 0 spiro atoms. The third-order valence-electron chi connectivity index (χ3n) is 1.81. The summed E-state index contributed by atoms with van der Waals surface area (Å²) in [6.45, 7) is 0. The first kappa shape index (κ1) is 10.1. The van der Waals surface area contributed by atoms with E-state index in [4.69, 9.17) is 0 Å². The van der Waals surface area contributed by atoms with Crippen LogP contribution in [0.2, 0.25) is 0 Å². The summed E-state index contributed by atoms with van der Waals surface area (Å²) in [5.41, 5.74) is -4.40. The summed E-state index contributed by atoms with van der Waals surface area (Å²) in [6.07, 6.45) is -6.65. The largest absolute Gasteiger partial charge is 0.429 e. The maximum atomic E-state index is 12.7. The Bertz CT molecular complexity index is 187. The first-order chi connectivity index (χ1) is 5.13. The van der Waals surface area contributed by atoms with E-state index < -0.39 is 29.0 Å². The van der Waals surface area contributed by atoms with Crippen molar-refractivity contribution < 1.29 is 26.3 Å². The third kappa shape index (κ3) is 0.978. The van der Waals surface area contributed by atoms with Crippen molar-refractivity contribution in [2.75, 3.05) is 0 Å². The average molecular weight is 257 g/mol. The predicted molar refractivity (Wildman–Crippen MR) is 32.2 cm³/mol. The summed E-state index contributed by atoms with van der Waals surface area (Å²) in [5.74, 6) is -4.31. The van der Waals surface area contributed by atoms with Crippen molar-refractivity contribution >= 4 is 15.9 Å². The topological polar surface area (TPSA) is 0 Å². The molecule has 2 unspecified atom stereocenters. The van der Waals surface area contributed by atoms with E-state index in [1.165, 1.54) is 0 Å². The van der Waals surface area contributed by atoms with Crippen LogP contribution in [0, 0.1) is 0 Å². The van der Waals surface area contributed by atoms with Crippen molar-refractivity contribution in [3.8, 4) is 0 Å². The van der Waals surface area contributed by atoms with Crippen LogP contribution in [0.15, 0.2) is 0 Å². The molecule has 2 atom stereocenters. The minimum atomic E-state index is -5.52. The van der Waals surface area contributed by atoms with Gasteiger partial charge in [-0.1, -0.05) is 15.9 Å². The van der Waals surface area contributed by atoms with Crippen molar-refractivity contribution in [2.24, 2.45) is 0 Å². The van der Waals surface area contributed by atoms with E-state index in [1.807, 2.05) is 0 Å². The fourth-order valence-electron chi connectivity index (χ4n) is 0.997. The zero-order valence-corrected chi connectivity index (χ0v) is 7.02. The Kier molecular flexibility index (Phi) is 1.94. The fraction of sp³-hybridized carbons (Fsp3) is 1.00. The van der Waals surface area contributed by atoms with Gasteiger partial charge in [-0.15, -0.1) is 0 Å². The molecule has 0 radical (unpaired) electrons. The Hall–Kier alpha value is 0.0600. The van der Waals surface area contributed by atoms with Crippen molar-refractivity contribution in [1.29, 1.82) is 0 Å². The summed E-state index contributed by atoms with van der Waals surface area (Å²) >= 11 is 2.22. The summed E-state index contributed by atoms with van der Waals surface area (Å²) in [6, 6.07) is 0. The SMILES string of the molecule is FC(F)(F)C1(F)C(Br)CC1(F)F. The lowest BCUT2D eigenvalue weighted by molar-refractivity contribution is -0.338. The molecule has 1 aliphatic rings. The third-order valence-corrected chi connectivity index (χ3v) is 2.77. The minimum Gasteiger partial charge on any atom is -0.226 e. The second-order valence-electron chi connectivity index (χ2n) is 2.59. The van der Waals surface area contributed by atoms with Crippen LogP contribution in [-0.4, -0.2) is 22.6 Å². The average Bonchev–Trinajstić information content (AvgIpc) is 1.83. The van der Waals surface area contributed by atoms with E-state index in [9.17, 15) is 26.3 Å². The van der Waals surface area contributed by atoms with Gasteiger partial charge >= 0.3 is 6.18 Å². The summed E-state index contributed by atoms with van der Waals surface area (Å²) < 4.78 is 72.3. The molecule has 72 valence electrons. The molecule has 1 aliphatic carbocycles. The van der Waals surface area contributed by atoms with Gasteiger partial charge in [0.1, 0.15) is 0 Å². The number of halogens is 7. The molecule has 0 saturated heterocycles. The Morgan fingerprint density at radius 2 is 1.58 bits per heavy atom. The minimum absolute atomic E-state index is 1.12. The lowest BCUT2D eigenvalue weighted by Gasteiger charge is -2.47. The van der Waals surface area contributed by atoms with Crippen LogP contribution in [-0.2, 0) is 0 Å². The quantitative estimate of drug-likeness (QED) is 0.462. The maximum absolute atomic E-state index is 12.7. The smallest absolute Gasteiger partial charge is 0.226 e. The highest BCUT2D eigenvalue weighted by molar-refractivity contribution is 9.09. The van der Waals surface area contributed by atoms with Crippen molar-refractivity contribution in [3.63, 3.8) is 0 Å². The normalized spacial score (nSPS) is 40.8. The zero-order chi connectivity index (χ0) is 9.78. The van der Waals surface area contributed by atoms with Gasteiger partial charge in [0.15, 0.2) is 0 Å². The molecule has 0 bridgehead atoms. The molecule has 0 aliphatic heterocycles. The summed E-state index contributed by atoms with van der Waals surface area (Å²) in [7, 11) is 0. The van der Waals surface area contributed by atoms with Crippen LogP contribution in [0.25, 0.3) is 0 Å². The Morgan fingerprint density at radius 3 is 1.67 bits per heavy atom. The van der Waals surface area contributed by atoms with Crippen LogP contribution in [0.1, 0.15) is 6.42 Å². The molecule has 7 heteroatoms. The Labute approximate surface area is 72.1 Å². The van der Waals surface area contributed by atoms with E-state index in [0.717, 1.165) is 0 Å². The molecule has 0 N–H and O–H groups in total. The predicted octanol–water partition coefficient (Wildman–Crippen LogP) is 3.06. The van der Waals surface area contributed by atoms with Crippen LogP contribution < -0.4 is 0 Å². The maximum Gasteiger partial charge on any atom is 0.429 e. The molecular formula is C5H3BrF6. The van der Waals surface area contributed by atoms with E-state index in [2.05, 4.69) is 15.9 Å². The van der Waals surface area contributed by atoms with Crippen LogP contribution in [0.5, 0.6) is 0 Å². The molecule has 0 aromatic rings. The van der Waals surface area contributed by atoms with Gasteiger partial charge in [-0.2, -0.15) is 13.2 Å². The van der Waals surface area contributed by atoms with Crippen LogP contribution in [0.3, 0.4) is 0 Å². The fourth-order valence-corrected chi connectivity index (χ4v) is 2.00. The molecule has 12 heavy (non-hydrogen) atoms. The molecule has 1 saturated carbocycles. The Balaban J connectivity index is 2.97. The molecule has 0 nitrogen and oxygen atoms in total. The number of hydrogen-bond acceptors (Lipinski definition) is 0. The van der Waals surface area contributed by atoms with Gasteiger partial charge < -0.3 is 0 Å². The van der Waals surface area contributed by atoms with E-state index >= 15 is 0 Å². The van der Waals surface area contributed by atoms with Crippen molar-refractivity contribution in [3.05, 3.63) is 0 Å². The van der Waals surface area contributed by atoms with Crippen molar-refractivity contribution in [1.82, 2.24) is 0 Å². The lowest BCUT2D eigenvalue weighted by Crippen LogP contribution is -2.70. The lowest BCUT2D eigenvalue weighted by atomic mass is 9.77. The monoisotopic (exact) mass is 256 g/mol. The molecule has 0 amide bonds. The van der Waals surface area contributed by atoms with Crippen molar-refractivity contribution in [2.45, 2.75) is 29.0 Å². The molecule has 0 heterocycles. The summed E-state index contributed by atoms with van der Waals surface area (Å²) in [5, 5.41) is 0. The number of alkyl halides is 7. The van der Waals surface area contributed by atoms with Gasteiger partial charge in [0, 0.05) is 6.42 Å². The van der Waals surface area contributed by atoms with E-state index in [1.54, 1.807) is 0 Å². The van der Waals surface area contributed by atoms with Gasteiger partial charge in [-0.05, 0) is 0 Å².